The molecule has 3 heteroatoms. The highest BCUT2D eigenvalue weighted by Crippen LogP contribution is 2.16. The molecule has 0 spiro atoms. The predicted molar refractivity (Wildman–Crippen MR) is 63.4 cm³/mol. The first-order chi connectivity index (χ1) is 7.63. The highest BCUT2D eigenvalue weighted by Gasteiger charge is 2.09. The summed E-state index contributed by atoms with van der Waals surface area (Å²) in [6, 6.07) is 6.65. The molecule has 1 aromatic carbocycles. The number of hydrogen-bond donors (Lipinski definition) is 1. The molecule has 0 fully saturated rings. The summed E-state index contributed by atoms with van der Waals surface area (Å²) < 4.78 is 12.8. The molecule has 1 aromatic rings. The number of rotatable bonds is 6. The summed E-state index contributed by atoms with van der Waals surface area (Å²) >= 11 is 0. The number of nitrogens with one attached hydrogen (secondary N) is 1. The molecule has 1 atom stereocenters. The second kappa shape index (κ2) is 6.61. The minimum Gasteiger partial charge on any atom is -0.301 e. The van der Waals surface area contributed by atoms with Crippen molar-refractivity contribution in [1.82, 2.24) is 5.48 Å². The topological polar surface area (TPSA) is 21.3 Å². The molecule has 0 heterocycles. The van der Waals surface area contributed by atoms with E-state index in [1.807, 2.05) is 0 Å². The zero-order chi connectivity index (χ0) is 12.0. The van der Waals surface area contributed by atoms with E-state index in [0.717, 1.165) is 12.0 Å². The van der Waals surface area contributed by atoms with Crippen molar-refractivity contribution in [2.24, 2.45) is 5.92 Å². The highest BCUT2D eigenvalue weighted by atomic mass is 19.1. The number of hydrogen-bond acceptors (Lipinski definition) is 2. The molecule has 1 rings (SSSR count). The monoisotopic (exact) mass is 225 g/mol. The van der Waals surface area contributed by atoms with Crippen LogP contribution >= 0.6 is 0 Å². The molecule has 0 saturated carbocycles. The van der Waals surface area contributed by atoms with Crippen LogP contribution in [0.5, 0.6) is 0 Å². The second-order valence-corrected chi connectivity index (χ2v) is 4.34. The van der Waals surface area contributed by atoms with Gasteiger partial charge < -0.3 is 4.84 Å². The molecule has 0 radical (unpaired) electrons. The van der Waals surface area contributed by atoms with Crippen molar-refractivity contribution in [3.8, 4) is 0 Å². The van der Waals surface area contributed by atoms with E-state index in [2.05, 4.69) is 26.3 Å². The van der Waals surface area contributed by atoms with E-state index < -0.39 is 0 Å². The van der Waals surface area contributed by atoms with Gasteiger partial charge in [0.2, 0.25) is 0 Å². The Hall–Kier alpha value is -0.930. The smallest absolute Gasteiger partial charge is 0.123 e. The van der Waals surface area contributed by atoms with Gasteiger partial charge in [-0.1, -0.05) is 32.9 Å². The lowest BCUT2D eigenvalue weighted by Crippen LogP contribution is -2.23. The van der Waals surface area contributed by atoms with E-state index in [1.54, 1.807) is 12.1 Å². The van der Waals surface area contributed by atoms with Crippen molar-refractivity contribution in [3.05, 3.63) is 35.6 Å². The quantitative estimate of drug-likeness (QED) is 0.749. The highest BCUT2D eigenvalue weighted by molar-refractivity contribution is 5.19. The van der Waals surface area contributed by atoms with Gasteiger partial charge in [-0.15, -0.1) is 0 Å². The van der Waals surface area contributed by atoms with Gasteiger partial charge in [-0.25, -0.2) is 4.39 Å². The Balaban J connectivity index is 2.50. The predicted octanol–water partition coefficient (Wildman–Crippen LogP) is 3.45. The zero-order valence-electron chi connectivity index (χ0n) is 10.2. The molecule has 2 nitrogen and oxygen atoms in total. The number of halogens is 1. The molecule has 0 saturated heterocycles. The molecule has 1 unspecified atom stereocenters. The first kappa shape index (κ1) is 13.1. The second-order valence-electron chi connectivity index (χ2n) is 4.34. The van der Waals surface area contributed by atoms with Crippen molar-refractivity contribution in [2.45, 2.75) is 33.2 Å². The van der Waals surface area contributed by atoms with Crippen LogP contribution in [0, 0.1) is 11.7 Å². The van der Waals surface area contributed by atoms with Crippen LogP contribution in [0.2, 0.25) is 0 Å². The van der Waals surface area contributed by atoms with Gasteiger partial charge in [0.05, 0.1) is 12.6 Å². The van der Waals surface area contributed by atoms with Gasteiger partial charge in [-0.2, -0.15) is 5.48 Å². The van der Waals surface area contributed by atoms with E-state index in [1.165, 1.54) is 12.1 Å². The molecule has 0 amide bonds. The van der Waals surface area contributed by atoms with E-state index in [0.29, 0.717) is 12.5 Å². The lowest BCUT2D eigenvalue weighted by Gasteiger charge is -2.18. The van der Waals surface area contributed by atoms with Crippen molar-refractivity contribution in [3.63, 3.8) is 0 Å². The van der Waals surface area contributed by atoms with Gasteiger partial charge >= 0.3 is 0 Å². The minimum absolute atomic E-state index is 0.124. The van der Waals surface area contributed by atoms with Crippen molar-refractivity contribution < 1.29 is 9.23 Å². The summed E-state index contributed by atoms with van der Waals surface area (Å²) in [7, 11) is 0. The largest absolute Gasteiger partial charge is 0.301 e. The van der Waals surface area contributed by atoms with Gasteiger partial charge in [-0.05, 0) is 30.0 Å². The van der Waals surface area contributed by atoms with Crippen LogP contribution in [0.25, 0.3) is 0 Å². The maximum atomic E-state index is 12.8. The molecule has 0 bridgehead atoms. The Kier molecular flexibility index (Phi) is 5.43. The maximum absolute atomic E-state index is 12.8. The lowest BCUT2D eigenvalue weighted by molar-refractivity contribution is -0.000594. The third kappa shape index (κ3) is 4.29. The third-order valence-corrected chi connectivity index (χ3v) is 2.32. The molecule has 0 aromatic heterocycles. The normalized spacial score (nSPS) is 13.1. The Morgan fingerprint density at radius 1 is 1.25 bits per heavy atom. The summed E-state index contributed by atoms with van der Waals surface area (Å²) in [6.07, 6.45) is 0.906. The third-order valence-electron chi connectivity index (χ3n) is 2.32. The van der Waals surface area contributed by atoms with Crippen LogP contribution in [-0.4, -0.2) is 6.61 Å². The van der Waals surface area contributed by atoms with Crippen LogP contribution in [-0.2, 0) is 4.84 Å². The number of hydroxylamine groups is 1. The van der Waals surface area contributed by atoms with Crippen LogP contribution in [0.15, 0.2) is 24.3 Å². The van der Waals surface area contributed by atoms with E-state index in [4.69, 9.17) is 4.84 Å². The van der Waals surface area contributed by atoms with E-state index >= 15 is 0 Å². The molecule has 0 aliphatic heterocycles. The van der Waals surface area contributed by atoms with Crippen LogP contribution in [0.3, 0.4) is 0 Å². The van der Waals surface area contributed by atoms with Gasteiger partial charge in [-0.3, -0.25) is 0 Å². The van der Waals surface area contributed by atoms with Crippen molar-refractivity contribution >= 4 is 0 Å². The SMILES string of the molecule is CCC(NOCC(C)C)c1ccc(F)cc1. The lowest BCUT2D eigenvalue weighted by atomic mass is 10.1. The summed E-state index contributed by atoms with van der Waals surface area (Å²) in [6.45, 7) is 6.94. The first-order valence-corrected chi connectivity index (χ1v) is 5.76. The van der Waals surface area contributed by atoms with Gasteiger partial charge in [0.25, 0.3) is 0 Å². The van der Waals surface area contributed by atoms with Crippen molar-refractivity contribution in [1.29, 1.82) is 0 Å². The first-order valence-electron chi connectivity index (χ1n) is 5.76. The zero-order valence-corrected chi connectivity index (χ0v) is 10.2. The molecule has 1 N–H and O–H groups in total. The van der Waals surface area contributed by atoms with Crippen LogP contribution < -0.4 is 5.48 Å². The standard InChI is InChI=1S/C13H20FNO/c1-4-13(15-16-9-10(2)3)11-5-7-12(14)8-6-11/h5-8,10,13,15H,4,9H2,1-3H3. The molecule has 16 heavy (non-hydrogen) atoms. The molecular weight excluding hydrogens is 205 g/mol. The fraction of sp³-hybridized carbons (Fsp3) is 0.538. The fourth-order valence-corrected chi connectivity index (χ4v) is 1.40. The summed E-state index contributed by atoms with van der Waals surface area (Å²) in [4.78, 5) is 5.39. The molecular formula is C13H20FNO. The average Bonchev–Trinajstić information content (AvgIpc) is 2.26. The Bertz CT molecular complexity index is 297. The van der Waals surface area contributed by atoms with Gasteiger partial charge in [0, 0.05) is 0 Å². The van der Waals surface area contributed by atoms with Crippen molar-refractivity contribution in [2.75, 3.05) is 6.61 Å². The molecule has 0 aliphatic carbocycles. The number of benzene rings is 1. The summed E-state index contributed by atoms with van der Waals surface area (Å²) in [5, 5.41) is 0. The van der Waals surface area contributed by atoms with E-state index in [-0.39, 0.29) is 11.9 Å². The Morgan fingerprint density at radius 3 is 2.38 bits per heavy atom. The Labute approximate surface area is 96.8 Å². The summed E-state index contributed by atoms with van der Waals surface area (Å²) in [5.41, 5.74) is 4.06. The average molecular weight is 225 g/mol. The molecule has 90 valence electrons. The van der Waals surface area contributed by atoms with Gasteiger partial charge in [0.15, 0.2) is 0 Å². The minimum atomic E-state index is -0.207. The van der Waals surface area contributed by atoms with Crippen LogP contribution in [0.4, 0.5) is 4.39 Å². The maximum Gasteiger partial charge on any atom is 0.123 e. The van der Waals surface area contributed by atoms with Gasteiger partial charge in [0.1, 0.15) is 5.82 Å². The molecule has 0 aliphatic rings. The fourth-order valence-electron chi connectivity index (χ4n) is 1.40. The van der Waals surface area contributed by atoms with Crippen LogP contribution in [0.1, 0.15) is 38.8 Å². The van der Waals surface area contributed by atoms with E-state index in [9.17, 15) is 4.39 Å². The summed E-state index contributed by atoms with van der Waals surface area (Å²) in [5.74, 6) is 0.292. The Morgan fingerprint density at radius 2 is 1.88 bits per heavy atom.